The minimum absolute atomic E-state index is 0.110. The molecule has 0 saturated carbocycles. The molecule has 2 N–H and O–H groups in total. The zero-order chi connectivity index (χ0) is 25.2. The number of aryl methyl sites for hydroxylation is 1. The number of nitrogens with zero attached hydrogens (tertiary/aromatic N) is 1. The van der Waals surface area contributed by atoms with Gasteiger partial charge in [-0.25, -0.2) is 4.79 Å². The van der Waals surface area contributed by atoms with Crippen molar-refractivity contribution in [1.29, 1.82) is 0 Å². The normalized spacial score (nSPS) is 16.3. The van der Waals surface area contributed by atoms with Crippen molar-refractivity contribution in [2.45, 2.75) is 57.8 Å². The van der Waals surface area contributed by atoms with Crippen LogP contribution in [0.25, 0.3) is 11.1 Å². The number of phenols is 1. The molecule has 0 aliphatic heterocycles. The summed E-state index contributed by atoms with van der Waals surface area (Å²) >= 11 is 6.12. The number of hydrogen-bond donors (Lipinski definition) is 2. The summed E-state index contributed by atoms with van der Waals surface area (Å²) in [5.74, 6) is 0.234. The molecule has 3 aromatic carbocycles. The molecule has 0 aromatic heterocycles. The maximum absolute atomic E-state index is 13.3. The van der Waals surface area contributed by atoms with Gasteiger partial charge in [0.25, 0.3) is 0 Å². The summed E-state index contributed by atoms with van der Waals surface area (Å²) in [4.78, 5) is 14.9. The number of carbonyl (C=O) groups is 1. The highest BCUT2D eigenvalue weighted by Crippen LogP contribution is 2.32. The summed E-state index contributed by atoms with van der Waals surface area (Å²) < 4.78 is 5.73. The highest BCUT2D eigenvalue weighted by molar-refractivity contribution is 6.30. The van der Waals surface area contributed by atoms with Crippen molar-refractivity contribution in [3.8, 4) is 16.9 Å². The average molecular weight is 494 g/mol. The Balaban J connectivity index is 1.59. The summed E-state index contributed by atoms with van der Waals surface area (Å²) in [6, 6.07) is 20.5. The Morgan fingerprint density at radius 2 is 1.77 bits per heavy atom. The molecule has 0 fully saturated rings. The maximum atomic E-state index is 13.3. The van der Waals surface area contributed by atoms with Gasteiger partial charge in [-0.2, -0.15) is 0 Å². The molecule has 35 heavy (non-hydrogen) atoms. The summed E-state index contributed by atoms with van der Waals surface area (Å²) in [5.41, 5.74) is 4.55. The highest BCUT2D eigenvalue weighted by Gasteiger charge is 2.33. The first-order chi connectivity index (χ1) is 16.6. The van der Waals surface area contributed by atoms with Gasteiger partial charge < -0.3 is 19.8 Å². The first-order valence-corrected chi connectivity index (χ1v) is 12.3. The molecule has 6 heteroatoms. The van der Waals surface area contributed by atoms with Crippen LogP contribution >= 0.6 is 11.6 Å². The second-order valence-electron chi connectivity index (χ2n) is 10.1. The van der Waals surface area contributed by atoms with Gasteiger partial charge in [0.2, 0.25) is 0 Å². The van der Waals surface area contributed by atoms with Crippen LogP contribution in [0.15, 0.2) is 66.7 Å². The van der Waals surface area contributed by atoms with E-state index in [1.807, 2.05) is 39.0 Å². The average Bonchev–Trinajstić information content (AvgIpc) is 2.81. The predicted octanol–water partition coefficient (Wildman–Crippen LogP) is 6.54. The summed E-state index contributed by atoms with van der Waals surface area (Å²) in [7, 11) is 0. The standard InChI is InChI=1S/C29H32ClNO4/c1-29(2,3)35-28(34)31(18-27(33)22-5-4-6-24(30)16-22)25-12-9-20-7-8-21(15-23(20)17-25)19-10-13-26(32)14-11-19/h4-8,10-11,13-16,25,27,32-33H,9,12,17-18H2,1-3H3/t25-,27+/m0/s1. The molecule has 0 heterocycles. The summed E-state index contributed by atoms with van der Waals surface area (Å²) in [6.45, 7) is 5.65. The molecule has 0 radical (unpaired) electrons. The van der Waals surface area contributed by atoms with Crippen LogP contribution in [-0.4, -0.2) is 39.4 Å². The van der Waals surface area contributed by atoms with Gasteiger partial charge in [0, 0.05) is 11.1 Å². The van der Waals surface area contributed by atoms with Crippen LogP contribution in [0.1, 0.15) is 50.0 Å². The van der Waals surface area contributed by atoms with E-state index in [0.29, 0.717) is 17.0 Å². The quantitative estimate of drug-likeness (QED) is 0.423. The van der Waals surface area contributed by atoms with E-state index in [-0.39, 0.29) is 18.3 Å². The Bertz CT molecular complexity index is 1190. The van der Waals surface area contributed by atoms with Gasteiger partial charge in [-0.15, -0.1) is 0 Å². The van der Waals surface area contributed by atoms with E-state index in [9.17, 15) is 15.0 Å². The van der Waals surface area contributed by atoms with Gasteiger partial charge in [-0.1, -0.05) is 54.1 Å². The molecule has 3 aromatic rings. The molecule has 4 rings (SSSR count). The van der Waals surface area contributed by atoms with Crippen LogP contribution in [0, 0.1) is 0 Å². The number of halogens is 1. The number of hydrogen-bond acceptors (Lipinski definition) is 4. The lowest BCUT2D eigenvalue weighted by molar-refractivity contribution is 0.00196. The van der Waals surface area contributed by atoms with Gasteiger partial charge in [0.05, 0.1) is 12.6 Å². The van der Waals surface area contributed by atoms with E-state index in [0.717, 1.165) is 24.0 Å². The van der Waals surface area contributed by atoms with E-state index in [1.54, 1.807) is 35.2 Å². The van der Waals surface area contributed by atoms with Gasteiger partial charge in [-0.05, 0) is 92.1 Å². The van der Waals surface area contributed by atoms with Gasteiger partial charge in [0.1, 0.15) is 11.4 Å². The first kappa shape index (κ1) is 25.1. The zero-order valence-corrected chi connectivity index (χ0v) is 21.1. The molecule has 0 spiro atoms. The summed E-state index contributed by atoms with van der Waals surface area (Å²) in [5, 5.41) is 21.1. The molecule has 1 aliphatic carbocycles. The van der Waals surface area contributed by atoms with Crippen molar-refractivity contribution in [3.05, 3.63) is 88.4 Å². The lowest BCUT2D eigenvalue weighted by atomic mass is 9.85. The third kappa shape index (κ3) is 6.36. The Hall–Kier alpha value is -3.02. The predicted molar refractivity (Wildman–Crippen MR) is 139 cm³/mol. The number of aromatic hydroxyl groups is 1. The van der Waals surface area contributed by atoms with Crippen molar-refractivity contribution >= 4 is 17.7 Å². The van der Waals surface area contributed by atoms with E-state index in [1.165, 1.54) is 11.1 Å². The first-order valence-electron chi connectivity index (χ1n) is 11.9. The number of aliphatic hydroxyl groups is 1. The van der Waals surface area contributed by atoms with Crippen molar-refractivity contribution < 1.29 is 19.7 Å². The number of amides is 1. The number of rotatable bonds is 5. The number of ether oxygens (including phenoxy) is 1. The van der Waals surface area contributed by atoms with Crippen molar-refractivity contribution in [1.82, 2.24) is 4.90 Å². The lowest BCUT2D eigenvalue weighted by Gasteiger charge is -2.37. The Labute approximate surface area is 211 Å². The third-order valence-corrected chi connectivity index (χ3v) is 6.52. The number of aliphatic hydroxyl groups excluding tert-OH is 1. The summed E-state index contributed by atoms with van der Waals surface area (Å²) in [6.07, 6.45) is 0.978. The molecule has 1 aliphatic rings. The Morgan fingerprint density at radius 1 is 1.06 bits per heavy atom. The van der Waals surface area contributed by atoms with E-state index in [2.05, 4.69) is 18.2 Å². The number of fused-ring (bicyclic) bond motifs is 1. The molecule has 0 unspecified atom stereocenters. The van der Waals surface area contributed by atoms with Gasteiger partial charge in [-0.3, -0.25) is 0 Å². The molecule has 1 amide bonds. The fourth-order valence-corrected chi connectivity index (χ4v) is 4.73. The van der Waals surface area contributed by atoms with Crippen LogP contribution in [0.2, 0.25) is 5.02 Å². The van der Waals surface area contributed by atoms with E-state index < -0.39 is 17.8 Å². The van der Waals surface area contributed by atoms with Crippen LogP contribution in [-0.2, 0) is 17.6 Å². The maximum Gasteiger partial charge on any atom is 0.410 e. The fourth-order valence-electron chi connectivity index (χ4n) is 4.54. The van der Waals surface area contributed by atoms with Crippen molar-refractivity contribution in [2.75, 3.05) is 6.54 Å². The topological polar surface area (TPSA) is 70.0 Å². The zero-order valence-electron chi connectivity index (χ0n) is 20.4. The number of carbonyl (C=O) groups excluding carboxylic acids is 1. The van der Waals surface area contributed by atoms with Crippen LogP contribution < -0.4 is 0 Å². The molecule has 0 saturated heterocycles. The molecule has 0 bridgehead atoms. The lowest BCUT2D eigenvalue weighted by Crippen LogP contribution is -2.47. The third-order valence-electron chi connectivity index (χ3n) is 6.28. The number of benzene rings is 3. The Morgan fingerprint density at radius 3 is 2.46 bits per heavy atom. The Kier molecular flexibility index (Phi) is 7.39. The molecular weight excluding hydrogens is 462 g/mol. The second kappa shape index (κ2) is 10.3. The van der Waals surface area contributed by atoms with Crippen LogP contribution in [0.5, 0.6) is 5.75 Å². The molecule has 5 nitrogen and oxygen atoms in total. The fraction of sp³-hybridized carbons (Fsp3) is 0.345. The van der Waals surface area contributed by atoms with Crippen molar-refractivity contribution in [3.63, 3.8) is 0 Å². The number of phenolic OH excluding ortho intramolecular Hbond substituents is 1. The molecule has 184 valence electrons. The largest absolute Gasteiger partial charge is 0.508 e. The second-order valence-corrected chi connectivity index (χ2v) is 10.6. The minimum atomic E-state index is -0.883. The van der Waals surface area contributed by atoms with E-state index >= 15 is 0 Å². The van der Waals surface area contributed by atoms with E-state index in [4.69, 9.17) is 16.3 Å². The molecule has 2 atom stereocenters. The monoisotopic (exact) mass is 493 g/mol. The SMILES string of the molecule is CC(C)(C)OC(=O)N(C[C@@H](O)c1cccc(Cl)c1)[C@H]1CCc2ccc(-c3ccc(O)cc3)cc2C1. The van der Waals surface area contributed by atoms with Crippen LogP contribution in [0.3, 0.4) is 0 Å². The molecular formula is C29H32ClNO4. The van der Waals surface area contributed by atoms with Gasteiger partial charge >= 0.3 is 6.09 Å². The minimum Gasteiger partial charge on any atom is -0.508 e. The van der Waals surface area contributed by atoms with Gasteiger partial charge in [0.15, 0.2) is 0 Å². The smallest absolute Gasteiger partial charge is 0.410 e. The highest BCUT2D eigenvalue weighted by atomic mass is 35.5. The van der Waals surface area contributed by atoms with Crippen LogP contribution in [0.4, 0.5) is 4.79 Å². The van der Waals surface area contributed by atoms with Crippen molar-refractivity contribution in [2.24, 2.45) is 0 Å².